The third kappa shape index (κ3) is 3.84. The highest BCUT2D eigenvalue weighted by molar-refractivity contribution is 9.10. The molecule has 0 bridgehead atoms. The molecule has 0 spiro atoms. The van der Waals surface area contributed by atoms with Gasteiger partial charge in [0.2, 0.25) is 0 Å². The molecule has 2 aromatic rings. The van der Waals surface area contributed by atoms with Gasteiger partial charge in [0.05, 0.1) is 10.7 Å². The SMILES string of the molecule is CC(C)c1ccc(OC(=O)C=Cc2ccco2)c(Br)c1. The van der Waals surface area contributed by atoms with E-state index in [0.29, 0.717) is 17.4 Å². The minimum Gasteiger partial charge on any atom is -0.465 e. The van der Waals surface area contributed by atoms with Crippen molar-refractivity contribution in [2.75, 3.05) is 0 Å². The standard InChI is InChI=1S/C16H15BrO3/c1-11(2)12-5-7-15(14(17)10-12)20-16(18)8-6-13-4-3-9-19-13/h3-11H,1-2H3. The molecule has 20 heavy (non-hydrogen) atoms. The number of rotatable bonds is 4. The van der Waals surface area contributed by atoms with Crippen molar-refractivity contribution in [3.63, 3.8) is 0 Å². The van der Waals surface area contributed by atoms with Gasteiger partial charge in [-0.05, 0) is 57.8 Å². The van der Waals surface area contributed by atoms with Gasteiger partial charge in [-0.25, -0.2) is 4.79 Å². The molecule has 0 aliphatic carbocycles. The highest BCUT2D eigenvalue weighted by atomic mass is 79.9. The van der Waals surface area contributed by atoms with Gasteiger partial charge in [-0.2, -0.15) is 0 Å². The van der Waals surface area contributed by atoms with Crippen LogP contribution in [0.15, 0.2) is 51.6 Å². The molecule has 0 saturated heterocycles. The Hall–Kier alpha value is -1.81. The minimum atomic E-state index is -0.445. The van der Waals surface area contributed by atoms with E-state index in [0.717, 1.165) is 4.47 Å². The number of furan rings is 1. The Morgan fingerprint density at radius 3 is 2.75 bits per heavy atom. The summed E-state index contributed by atoms with van der Waals surface area (Å²) in [5.41, 5.74) is 1.18. The summed E-state index contributed by atoms with van der Waals surface area (Å²) >= 11 is 3.41. The third-order valence-corrected chi connectivity index (χ3v) is 3.38. The Labute approximate surface area is 126 Å². The smallest absolute Gasteiger partial charge is 0.336 e. The van der Waals surface area contributed by atoms with Gasteiger partial charge in [-0.15, -0.1) is 0 Å². The van der Waals surface area contributed by atoms with Crippen LogP contribution in [-0.2, 0) is 4.79 Å². The summed E-state index contributed by atoms with van der Waals surface area (Å²) in [7, 11) is 0. The summed E-state index contributed by atoms with van der Waals surface area (Å²) in [4.78, 5) is 11.7. The van der Waals surface area contributed by atoms with Crippen molar-refractivity contribution in [1.82, 2.24) is 0 Å². The van der Waals surface area contributed by atoms with Gasteiger partial charge in [-0.1, -0.05) is 19.9 Å². The first-order chi connectivity index (χ1) is 9.56. The van der Waals surface area contributed by atoms with Crippen LogP contribution in [0.1, 0.15) is 31.1 Å². The fourth-order valence-corrected chi connectivity index (χ4v) is 2.12. The predicted octanol–water partition coefficient (Wildman–Crippen LogP) is 4.78. The number of ether oxygens (including phenoxy) is 1. The van der Waals surface area contributed by atoms with E-state index >= 15 is 0 Å². The van der Waals surface area contributed by atoms with Crippen LogP contribution in [-0.4, -0.2) is 5.97 Å². The number of esters is 1. The van der Waals surface area contributed by atoms with E-state index in [9.17, 15) is 4.79 Å². The fourth-order valence-electron chi connectivity index (χ4n) is 1.64. The monoisotopic (exact) mass is 334 g/mol. The molecule has 0 atom stereocenters. The van der Waals surface area contributed by atoms with Crippen molar-refractivity contribution in [3.05, 3.63) is 58.5 Å². The van der Waals surface area contributed by atoms with E-state index in [1.807, 2.05) is 12.1 Å². The number of carbonyl (C=O) groups excluding carboxylic acids is 1. The number of halogens is 1. The molecule has 0 aliphatic rings. The summed E-state index contributed by atoms with van der Waals surface area (Å²) in [5, 5.41) is 0. The lowest BCUT2D eigenvalue weighted by Crippen LogP contribution is -2.04. The molecule has 0 radical (unpaired) electrons. The van der Waals surface area contributed by atoms with Gasteiger partial charge in [0.15, 0.2) is 0 Å². The molecule has 1 aromatic heterocycles. The van der Waals surface area contributed by atoms with Crippen molar-refractivity contribution in [3.8, 4) is 5.75 Å². The van der Waals surface area contributed by atoms with E-state index in [-0.39, 0.29) is 0 Å². The maximum Gasteiger partial charge on any atom is 0.336 e. The molecule has 0 unspecified atom stereocenters. The molecule has 2 rings (SSSR count). The number of hydrogen-bond acceptors (Lipinski definition) is 3. The molecule has 1 heterocycles. The highest BCUT2D eigenvalue weighted by Gasteiger charge is 2.08. The van der Waals surface area contributed by atoms with E-state index in [1.165, 1.54) is 11.6 Å². The Kier molecular flexibility index (Phi) is 4.79. The molecule has 104 valence electrons. The van der Waals surface area contributed by atoms with Gasteiger partial charge in [0.25, 0.3) is 0 Å². The van der Waals surface area contributed by atoms with Gasteiger partial charge >= 0.3 is 5.97 Å². The zero-order valence-electron chi connectivity index (χ0n) is 11.3. The summed E-state index contributed by atoms with van der Waals surface area (Å²) in [5.74, 6) is 1.09. The molecular formula is C16H15BrO3. The average molecular weight is 335 g/mol. The maximum absolute atomic E-state index is 11.7. The van der Waals surface area contributed by atoms with Gasteiger partial charge in [0.1, 0.15) is 11.5 Å². The van der Waals surface area contributed by atoms with Crippen LogP contribution in [0.5, 0.6) is 5.75 Å². The summed E-state index contributed by atoms with van der Waals surface area (Å²) in [6, 6.07) is 9.22. The summed E-state index contributed by atoms with van der Waals surface area (Å²) in [6.07, 6.45) is 4.45. The van der Waals surface area contributed by atoms with Gasteiger partial charge < -0.3 is 9.15 Å². The Balaban J connectivity index is 2.04. The first-order valence-corrected chi connectivity index (χ1v) is 7.08. The van der Waals surface area contributed by atoms with E-state index < -0.39 is 5.97 Å². The lowest BCUT2D eigenvalue weighted by molar-refractivity contribution is -0.128. The van der Waals surface area contributed by atoms with Crippen molar-refractivity contribution in [2.45, 2.75) is 19.8 Å². The topological polar surface area (TPSA) is 39.4 Å². The zero-order chi connectivity index (χ0) is 14.5. The lowest BCUT2D eigenvalue weighted by Gasteiger charge is -2.09. The van der Waals surface area contributed by atoms with Crippen molar-refractivity contribution in [2.24, 2.45) is 0 Å². The van der Waals surface area contributed by atoms with Crippen LogP contribution in [0.3, 0.4) is 0 Å². The van der Waals surface area contributed by atoms with Gasteiger partial charge in [-0.3, -0.25) is 0 Å². The van der Waals surface area contributed by atoms with Crippen LogP contribution in [0, 0.1) is 0 Å². The molecule has 0 saturated carbocycles. The lowest BCUT2D eigenvalue weighted by atomic mass is 10.0. The molecule has 3 nitrogen and oxygen atoms in total. The molecule has 0 aliphatic heterocycles. The second-order valence-corrected chi connectivity index (χ2v) is 5.47. The van der Waals surface area contributed by atoms with Crippen molar-refractivity contribution in [1.29, 1.82) is 0 Å². The Morgan fingerprint density at radius 1 is 1.35 bits per heavy atom. The fraction of sp³-hybridized carbons (Fsp3) is 0.188. The van der Waals surface area contributed by atoms with Crippen molar-refractivity contribution >= 4 is 28.0 Å². The molecule has 1 aromatic carbocycles. The van der Waals surface area contributed by atoms with Crippen LogP contribution in [0.4, 0.5) is 0 Å². The maximum atomic E-state index is 11.7. The Bertz CT molecular complexity index is 613. The summed E-state index contributed by atoms with van der Waals surface area (Å²) in [6.45, 7) is 4.22. The highest BCUT2D eigenvalue weighted by Crippen LogP contribution is 2.29. The first-order valence-electron chi connectivity index (χ1n) is 6.29. The van der Waals surface area contributed by atoms with E-state index in [1.54, 1.807) is 30.5 Å². The third-order valence-electron chi connectivity index (χ3n) is 2.76. The van der Waals surface area contributed by atoms with Crippen LogP contribution in [0.2, 0.25) is 0 Å². The molecule has 0 fully saturated rings. The van der Waals surface area contributed by atoms with Crippen LogP contribution < -0.4 is 4.74 Å². The normalized spacial score (nSPS) is 11.2. The predicted molar refractivity (Wildman–Crippen MR) is 81.6 cm³/mol. The number of carbonyl (C=O) groups is 1. The molecular weight excluding hydrogens is 320 g/mol. The van der Waals surface area contributed by atoms with Gasteiger partial charge in [0, 0.05) is 6.08 Å². The first kappa shape index (κ1) is 14.6. The summed E-state index contributed by atoms with van der Waals surface area (Å²) < 4.78 is 11.1. The molecule has 0 amide bonds. The van der Waals surface area contributed by atoms with E-state index in [2.05, 4.69) is 29.8 Å². The number of benzene rings is 1. The Morgan fingerprint density at radius 2 is 2.15 bits per heavy atom. The minimum absolute atomic E-state index is 0.426. The molecule has 4 heteroatoms. The van der Waals surface area contributed by atoms with E-state index in [4.69, 9.17) is 9.15 Å². The average Bonchev–Trinajstić information content (AvgIpc) is 2.91. The second-order valence-electron chi connectivity index (χ2n) is 4.61. The largest absolute Gasteiger partial charge is 0.465 e. The quantitative estimate of drug-likeness (QED) is 0.458. The second kappa shape index (κ2) is 6.57. The zero-order valence-corrected chi connectivity index (χ0v) is 12.9. The molecule has 0 N–H and O–H groups in total. The number of hydrogen-bond donors (Lipinski definition) is 0. The van der Waals surface area contributed by atoms with Crippen LogP contribution >= 0.6 is 15.9 Å². The van der Waals surface area contributed by atoms with Crippen molar-refractivity contribution < 1.29 is 13.9 Å². The van der Waals surface area contributed by atoms with Crippen LogP contribution in [0.25, 0.3) is 6.08 Å².